The van der Waals surface area contributed by atoms with E-state index >= 15 is 0 Å². The van der Waals surface area contributed by atoms with Gasteiger partial charge in [-0.2, -0.15) is 13.2 Å². The van der Waals surface area contributed by atoms with Gasteiger partial charge in [0.2, 0.25) is 0 Å². The molecule has 8 rings (SSSR count). The lowest BCUT2D eigenvalue weighted by Crippen LogP contribution is -2.37. The fraction of sp³-hybridized carbons (Fsp3) is 0.405. The minimum Gasteiger partial charge on any atom is -0.481 e. The molecule has 0 aliphatic carbocycles. The van der Waals surface area contributed by atoms with Crippen LogP contribution in [0.3, 0.4) is 0 Å². The summed E-state index contributed by atoms with van der Waals surface area (Å²) in [5.41, 5.74) is 8.23. The van der Waals surface area contributed by atoms with Gasteiger partial charge in [0.15, 0.2) is 0 Å². The second-order valence-corrected chi connectivity index (χ2v) is 13.2. The van der Waals surface area contributed by atoms with Gasteiger partial charge in [0.25, 0.3) is 5.91 Å². The molecule has 3 aliphatic heterocycles. The lowest BCUT2D eigenvalue weighted by molar-refractivity contribution is -0.137. The number of carboxylic acid groups (broad SMARTS) is 1. The zero-order valence-corrected chi connectivity index (χ0v) is 26.9. The molecule has 3 aliphatic rings. The standard InChI is InChI=1S/C37H38F3N5O3/c1-23-29-10-12-32-35(23)41-42-45(32)15-5-3-2-4-6-24-7-11-31-27(18-24)20-33(44(31)17-14-37(38,39)40)36(48)43-16-13-25-8-9-26(19-28(25)22-43)30(29)21-34(46)47/h7-12,18-20,30H,2-6,13-17,21-22H2,1H3,(H,46,47)/t30-/m0/s1. The smallest absolute Gasteiger partial charge is 0.390 e. The predicted octanol–water partition coefficient (Wildman–Crippen LogP) is 7.57. The van der Waals surface area contributed by atoms with Gasteiger partial charge >= 0.3 is 12.1 Å². The first-order valence-electron chi connectivity index (χ1n) is 16.7. The van der Waals surface area contributed by atoms with Crippen molar-refractivity contribution in [1.82, 2.24) is 24.5 Å². The summed E-state index contributed by atoms with van der Waals surface area (Å²) >= 11 is 0. The van der Waals surface area contributed by atoms with Crippen LogP contribution in [0.4, 0.5) is 13.2 Å². The number of hydrogen-bond acceptors (Lipinski definition) is 4. The average Bonchev–Trinajstić information content (AvgIpc) is 3.64. The molecule has 5 heterocycles. The second kappa shape index (κ2) is 12.7. The van der Waals surface area contributed by atoms with Crippen molar-refractivity contribution < 1.29 is 27.9 Å². The first kappa shape index (κ1) is 31.9. The average molecular weight is 658 g/mol. The summed E-state index contributed by atoms with van der Waals surface area (Å²) in [6.45, 7) is 3.06. The summed E-state index contributed by atoms with van der Waals surface area (Å²) in [5, 5.41) is 19.7. The molecule has 0 unspecified atom stereocenters. The van der Waals surface area contributed by atoms with E-state index in [4.69, 9.17) is 0 Å². The molecule has 1 N–H and O–H groups in total. The minimum absolute atomic E-state index is 0.122. The Bertz CT molecular complexity index is 2030. The van der Waals surface area contributed by atoms with Gasteiger partial charge in [0.05, 0.1) is 18.4 Å². The van der Waals surface area contributed by atoms with E-state index in [1.54, 1.807) is 11.0 Å². The monoisotopic (exact) mass is 657 g/mol. The number of rotatable bonds is 4. The molecule has 5 aromatic rings. The van der Waals surface area contributed by atoms with Gasteiger partial charge in [-0.3, -0.25) is 9.59 Å². The first-order chi connectivity index (χ1) is 23.1. The van der Waals surface area contributed by atoms with Crippen LogP contribution in [-0.2, 0) is 37.3 Å². The number of aliphatic carboxylic acids is 1. The van der Waals surface area contributed by atoms with Crippen LogP contribution < -0.4 is 0 Å². The number of halogens is 3. The van der Waals surface area contributed by atoms with Gasteiger partial charge < -0.3 is 14.6 Å². The zero-order valence-electron chi connectivity index (χ0n) is 26.9. The highest BCUT2D eigenvalue weighted by Gasteiger charge is 2.31. The van der Waals surface area contributed by atoms with E-state index in [9.17, 15) is 27.9 Å². The molecule has 1 atom stereocenters. The first-order valence-corrected chi connectivity index (χ1v) is 16.7. The van der Waals surface area contributed by atoms with Gasteiger partial charge in [-0.15, -0.1) is 5.10 Å². The van der Waals surface area contributed by atoms with E-state index in [1.165, 1.54) is 4.57 Å². The summed E-state index contributed by atoms with van der Waals surface area (Å²) in [4.78, 5) is 28.0. The van der Waals surface area contributed by atoms with Crippen LogP contribution in [0.25, 0.3) is 21.9 Å². The van der Waals surface area contributed by atoms with E-state index in [1.807, 2.05) is 60.1 Å². The van der Waals surface area contributed by atoms with Crippen molar-refractivity contribution in [3.05, 3.63) is 93.7 Å². The van der Waals surface area contributed by atoms with Crippen LogP contribution >= 0.6 is 0 Å². The number of carbonyl (C=O) groups is 2. The molecule has 1 amide bonds. The minimum atomic E-state index is -4.36. The number of nitrogens with zero attached hydrogens (tertiary/aromatic N) is 5. The number of aryl methyl sites for hydroxylation is 4. The van der Waals surface area contributed by atoms with Crippen LogP contribution in [0.15, 0.2) is 54.6 Å². The Hall–Kier alpha value is -4.67. The molecule has 250 valence electrons. The summed E-state index contributed by atoms with van der Waals surface area (Å²) in [6, 6.07) is 17.5. The van der Waals surface area contributed by atoms with Gasteiger partial charge in [0, 0.05) is 43.0 Å². The maximum atomic E-state index is 14.1. The lowest BCUT2D eigenvalue weighted by Gasteiger charge is -2.30. The van der Waals surface area contributed by atoms with Gasteiger partial charge in [-0.1, -0.05) is 48.4 Å². The fourth-order valence-corrected chi connectivity index (χ4v) is 7.51. The molecule has 0 saturated heterocycles. The highest BCUT2D eigenvalue weighted by molar-refractivity contribution is 5.99. The second-order valence-electron chi connectivity index (χ2n) is 13.2. The molecular weight excluding hydrogens is 619 g/mol. The largest absolute Gasteiger partial charge is 0.481 e. The Kier molecular flexibility index (Phi) is 8.47. The van der Waals surface area contributed by atoms with Crippen molar-refractivity contribution >= 4 is 33.8 Å². The molecule has 0 saturated carbocycles. The Morgan fingerprint density at radius 1 is 0.938 bits per heavy atom. The number of benzene rings is 3. The Morgan fingerprint density at radius 3 is 2.56 bits per heavy atom. The van der Waals surface area contributed by atoms with E-state index in [-0.39, 0.29) is 31.1 Å². The van der Waals surface area contributed by atoms with Crippen LogP contribution in [0.1, 0.15) is 88.3 Å². The maximum Gasteiger partial charge on any atom is 0.390 e. The number of fused-ring (bicyclic) bond motifs is 6. The lowest BCUT2D eigenvalue weighted by atomic mass is 9.83. The Balaban J connectivity index is 1.30. The third-order valence-electron chi connectivity index (χ3n) is 10.1. The van der Waals surface area contributed by atoms with Crippen LogP contribution in [0, 0.1) is 6.92 Å². The molecule has 2 aromatic heterocycles. The highest BCUT2D eigenvalue weighted by atomic mass is 19.4. The number of alkyl halides is 3. The van der Waals surface area contributed by atoms with E-state index in [2.05, 4.69) is 10.3 Å². The molecule has 10 bridgehead atoms. The quantitative estimate of drug-likeness (QED) is 0.215. The van der Waals surface area contributed by atoms with Crippen molar-refractivity contribution in [3.63, 3.8) is 0 Å². The number of aromatic nitrogens is 4. The Labute approximate surface area is 276 Å². The summed E-state index contributed by atoms with van der Waals surface area (Å²) in [5.74, 6) is -1.69. The molecule has 8 nitrogen and oxygen atoms in total. The molecule has 0 radical (unpaired) electrons. The molecule has 0 spiro atoms. The van der Waals surface area contributed by atoms with Crippen LogP contribution in [0.2, 0.25) is 0 Å². The third-order valence-corrected chi connectivity index (χ3v) is 10.1. The highest BCUT2D eigenvalue weighted by Crippen LogP contribution is 2.36. The molecular formula is C37H38F3N5O3. The number of carbonyl (C=O) groups excluding carboxylic acids is 1. The predicted molar refractivity (Wildman–Crippen MR) is 176 cm³/mol. The van der Waals surface area contributed by atoms with Gasteiger partial charge in [0.1, 0.15) is 11.2 Å². The van der Waals surface area contributed by atoms with E-state index in [0.717, 1.165) is 88.4 Å². The van der Waals surface area contributed by atoms with E-state index < -0.39 is 24.5 Å². The zero-order chi connectivity index (χ0) is 33.6. The van der Waals surface area contributed by atoms with Crippen molar-refractivity contribution in [2.45, 2.75) is 90.0 Å². The normalized spacial score (nSPS) is 17.5. The van der Waals surface area contributed by atoms with Gasteiger partial charge in [-0.05, 0) is 90.3 Å². The maximum absolute atomic E-state index is 14.1. The SMILES string of the molecule is Cc1c2ccc3c1nnn3CCCCCCc1ccc3c(c1)cc(n3CCC(F)(F)F)C(=O)N1CCc3ccc(cc3C1)[C@@H]2CC(=O)O. The topological polar surface area (TPSA) is 93.3 Å². The summed E-state index contributed by atoms with van der Waals surface area (Å²) < 4.78 is 43.7. The van der Waals surface area contributed by atoms with Crippen molar-refractivity contribution in [2.75, 3.05) is 6.54 Å². The molecule has 11 heteroatoms. The van der Waals surface area contributed by atoms with Crippen LogP contribution in [-0.4, -0.2) is 54.2 Å². The molecule has 0 fully saturated rings. The Morgan fingerprint density at radius 2 is 1.75 bits per heavy atom. The third kappa shape index (κ3) is 6.30. The van der Waals surface area contributed by atoms with Crippen molar-refractivity contribution in [1.29, 1.82) is 0 Å². The van der Waals surface area contributed by atoms with Crippen molar-refractivity contribution in [2.24, 2.45) is 0 Å². The van der Waals surface area contributed by atoms with Gasteiger partial charge in [-0.25, -0.2) is 4.68 Å². The molecule has 3 aromatic carbocycles. The number of carboxylic acids is 1. The number of hydrogen-bond donors (Lipinski definition) is 1. The summed E-state index contributed by atoms with van der Waals surface area (Å²) in [7, 11) is 0. The fourth-order valence-electron chi connectivity index (χ4n) is 7.51. The van der Waals surface area contributed by atoms with Crippen molar-refractivity contribution in [3.8, 4) is 0 Å². The molecule has 48 heavy (non-hydrogen) atoms. The van der Waals surface area contributed by atoms with Crippen LogP contribution in [0.5, 0.6) is 0 Å². The summed E-state index contributed by atoms with van der Waals surface area (Å²) in [6.07, 6.45) is -0.179. The van der Waals surface area contributed by atoms with E-state index in [0.29, 0.717) is 18.5 Å². The number of amides is 1.